The topological polar surface area (TPSA) is 42.4 Å². The van der Waals surface area contributed by atoms with E-state index in [2.05, 4.69) is 9.72 Å². The molecule has 0 fully saturated rings. The maximum absolute atomic E-state index is 12.1. The van der Waals surface area contributed by atoms with Crippen LogP contribution in [0.5, 0.6) is 5.75 Å². The Morgan fingerprint density at radius 3 is 2.68 bits per heavy atom. The van der Waals surface area contributed by atoms with E-state index in [1.54, 1.807) is 12.4 Å². The third kappa shape index (κ3) is 3.45. The number of benzene rings is 1. The first-order chi connectivity index (χ1) is 8.87. The summed E-state index contributed by atoms with van der Waals surface area (Å²) in [7, 11) is 0. The number of hydrogen-bond donors (Lipinski definition) is 1. The maximum Gasteiger partial charge on any atom is 0.573 e. The van der Waals surface area contributed by atoms with Crippen LogP contribution in [0.2, 0.25) is 0 Å². The minimum Gasteiger partial charge on any atom is -0.406 e. The molecule has 0 aliphatic rings. The third-order valence-corrected chi connectivity index (χ3v) is 3.42. The molecule has 1 unspecified atom stereocenters. The quantitative estimate of drug-likeness (QED) is 0.941. The van der Waals surface area contributed by atoms with Crippen molar-refractivity contribution in [2.75, 3.05) is 0 Å². The fourth-order valence-corrected chi connectivity index (χ4v) is 2.42. The Balaban J connectivity index is 2.26. The summed E-state index contributed by atoms with van der Waals surface area (Å²) >= 11 is 1.25. The lowest BCUT2D eigenvalue weighted by atomic mass is 10.1. The number of ether oxygens (including phenoxy) is 1. The number of aliphatic hydroxyl groups is 1. The van der Waals surface area contributed by atoms with Crippen LogP contribution in [-0.4, -0.2) is 16.5 Å². The number of nitrogens with zero attached hydrogens (tertiary/aromatic N) is 1. The number of aliphatic hydroxyl groups excluding tert-OH is 1. The summed E-state index contributed by atoms with van der Waals surface area (Å²) in [5.41, 5.74) is 2.55. The first-order valence-corrected chi connectivity index (χ1v) is 6.18. The fraction of sp³-hybridized carbons (Fsp3) is 0.250. The summed E-state index contributed by atoms with van der Waals surface area (Å²) < 4.78 is 40.2. The Bertz CT molecular complexity index is 568. The molecule has 0 saturated carbocycles. The van der Waals surface area contributed by atoms with Gasteiger partial charge in [-0.3, -0.25) is 0 Å². The van der Waals surface area contributed by atoms with E-state index in [1.165, 1.54) is 29.5 Å². The van der Waals surface area contributed by atoms with Gasteiger partial charge in [0.15, 0.2) is 0 Å². The van der Waals surface area contributed by atoms with Gasteiger partial charge < -0.3 is 9.84 Å². The molecule has 19 heavy (non-hydrogen) atoms. The highest BCUT2D eigenvalue weighted by Crippen LogP contribution is 2.31. The van der Waals surface area contributed by atoms with Crippen molar-refractivity contribution < 1.29 is 23.0 Å². The zero-order chi connectivity index (χ0) is 14.0. The van der Waals surface area contributed by atoms with Crippen LogP contribution in [0.1, 0.15) is 22.2 Å². The number of rotatable bonds is 3. The van der Waals surface area contributed by atoms with E-state index < -0.39 is 12.5 Å². The minimum atomic E-state index is -4.75. The van der Waals surface area contributed by atoms with Gasteiger partial charge in [0, 0.05) is 0 Å². The van der Waals surface area contributed by atoms with E-state index >= 15 is 0 Å². The molecule has 1 aromatic carbocycles. The Labute approximate surface area is 111 Å². The van der Waals surface area contributed by atoms with Gasteiger partial charge in [0.05, 0.1) is 16.1 Å². The molecule has 1 N–H and O–H groups in total. The van der Waals surface area contributed by atoms with Gasteiger partial charge in [-0.15, -0.1) is 24.5 Å². The van der Waals surface area contributed by atoms with Crippen LogP contribution in [0.25, 0.3) is 0 Å². The van der Waals surface area contributed by atoms with Gasteiger partial charge in [-0.25, -0.2) is 4.98 Å². The smallest absolute Gasteiger partial charge is 0.406 e. The standard InChI is InChI=1S/C12H10F3NO2S/c1-7-11(19-6-16-7)10(17)8-3-2-4-9(5-8)18-12(13,14)15/h2-6,10,17H,1H3. The SMILES string of the molecule is Cc1ncsc1C(O)c1cccc(OC(F)(F)F)c1. The van der Waals surface area contributed by atoms with Crippen LogP contribution >= 0.6 is 11.3 Å². The van der Waals surface area contributed by atoms with Crippen molar-refractivity contribution in [2.45, 2.75) is 19.4 Å². The van der Waals surface area contributed by atoms with Crippen molar-refractivity contribution in [2.24, 2.45) is 0 Å². The van der Waals surface area contributed by atoms with Gasteiger partial charge in [-0.05, 0) is 24.6 Å². The first kappa shape index (κ1) is 13.8. The molecular formula is C12H10F3NO2S. The lowest BCUT2D eigenvalue weighted by Crippen LogP contribution is -2.17. The van der Waals surface area contributed by atoms with Crippen molar-refractivity contribution in [1.82, 2.24) is 4.98 Å². The second kappa shape index (κ2) is 5.18. The van der Waals surface area contributed by atoms with E-state index in [0.717, 1.165) is 6.07 Å². The Kier molecular flexibility index (Phi) is 3.77. The van der Waals surface area contributed by atoms with Crippen LogP contribution < -0.4 is 4.74 Å². The molecule has 1 atom stereocenters. The van der Waals surface area contributed by atoms with E-state index in [0.29, 0.717) is 16.1 Å². The summed E-state index contributed by atoms with van der Waals surface area (Å²) in [5.74, 6) is -0.355. The number of aryl methyl sites for hydroxylation is 1. The number of thiazole rings is 1. The second-order valence-electron chi connectivity index (χ2n) is 3.82. The average Bonchev–Trinajstić information content (AvgIpc) is 2.72. The summed E-state index contributed by atoms with van der Waals surface area (Å²) in [6.45, 7) is 1.73. The summed E-state index contributed by atoms with van der Waals surface area (Å²) in [4.78, 5) is 4.59. The van der Waals surface area contributed by atoms with Gasteiger partial charge in [-0.1, -0.05) is 12.1 Å². The molecule has 0 spiro atoms. The van der Waals surface area contributed by atoms with Crippen molar-refractivity contribution in [1.29, 1.82) is 0 Å². The molecule has 0 aliphatic carbocycles. The molecule has 0 amide bonds. The van der Waals surface area contributed by atoms with Crippen LogP contribution in [0.15, 0.2) is 29.8 Å². The molecule has 3 nitrogen and oxygen atoms in total. The van der Waals surface area contributed by atoms with Crippen LogP contribution in [-0.2, 0) is 0 Å². The third-order valence-electron chi connectivity index (χ3n) is 2.44. The number of alkyl halides is 3. The monoisotopic (exact) mass is 289 g/mol. The maximum atomic E-state index is 12.1. The van der Waals surface area contributed by atoms with Crippen LogP contribution in [0.3, 0.4) is 0 Å². The highest BCUT2D eigenvalue weighted by Gasteiger charge is 2.31. The molecular weight excluding hydrogens is 279 g/mol. The average molecular weight is 289 g/mol. The molecule has 7 heteroatoms. The van der Waals surface area contributed by atoms with Crippen LogP contribution in [0.4, 0.5) is 13.2 Å². The predicted octanol–water partition coefficient (Wildman–Crippen LogP) is 3.43. The zero-order valence-electron chi connectivity index (χ0n) is 9.81. The molecule has 2 aromatic rings. The summed E-state index contributed by atoms with van der Waals surface area (Å²) in [6.07, 6.45) is -5.76. The van der Waals surface area contributed by atoms with Gasteiger partial charge >= 0.3 is 6.36 Å². The van der Waals surface area contributed by atoms with E-state index in [1.807, 2.05) is 0 Å². The number of halogens is 3. The summed E-state index contributed by atoms with van der Waals surface area (Å²) in [5, 5.41) is 10.1. The molecule has 0 bridgehead atoms. The van der Waals surface area contributed by atoms with Crippen molar-refractivity contribution in [3.63, 3.8) is 0 Å². The van der Waals surface area contributed by atoms with Crippen molar-refractivity contribution in [3.8, 4) is 5.75 Å². The lowest BCUT2D eigenvalue weighted by Gasteiger charge is -2.13. The molecule has 0 saturated heterocycles. The Hall–Kier alpha value is -1.60. The molecule has 0 radical (unpaired) electrons. The summed E-state index contributed by atoms with van der Waals surface area (Å²) in [6, 6.07) is 5.28. The normalized spacial score (nSPS) is 13.3. The molecule has 1 heterocycles. The fourth-order valence-electron chi connectivity index (χ4n) is 1.61. The lowest BCUT2D eigenvalue weighted by molar-refractivity contribution is -0.274. The van der Waals surface area contributed by atoms with Gasteiger partial charge in [0.2, 0.25) is 0 Å². The van der Waals surface area contributed by atoms with E-state index in [9.17, 15) is 18.3 Å². The Morgan fingerprint density at radius 2 is 2.11 bits per heavy atom. The predicted molar refractivity (Wildman–Crippen MR) is 64.0 cm³/mol. The molecule has 1 aromatic heterocycles. The molecule has 2 rings (SSSR count). The largest absolute Gasteiger partial charge is 0.573 e. The molecule has 0 aliphatic heterocycles. The Morgan fingerprint density at radius 1 is 1.37 bits per heavy atom. The highest BCUT2D eigenvalue weighted by molar-refractivity contribution is 7.09. The van der Waals surface area contributed by atoms with Gasteiger partial charge in [0.1, 0.15) is 11.9 Å². The number of hydrogen-bond acceptors (Lipinski definition) is 4. The highest BCUT2D eigenvalue weighted by atomic mass is 32.1. The number of aromatic nitrogens is 1. The van der Waals surface area contributed by atoms with E-state index in [4.69, 9.17) is 0 Å². The van der Waals surface area contributed by atoms with Gasteiger partial charge in [0.25, 0.3) is 0 Å². The van der Waals surface area contributed by atoms with Gasteiger partial charge in [-0.2, -0.15) is 0 Å². The molecule has 102 valence electrons. The van der Waals surface area contributed by atoms with Crippen molar-refractivity contribution in [3.05, 3.63) is 45.9 Å². The second-order valence-corrected chi connectivity index (χ2v) is 4.71. The van der Waals surface area contributed by atoms with Crippen molar-refractivity contribution >= 4 is 11.3 Å². The van der Waals surface area contributed by atoms with E-state index in [-0.39, 0.29) is 5.75 Å². The minimum absolute atomic E-state index is 0.328. The van der Waals surface area contributed by atoms with Crippen LogP contribution in [0, 0.1) is 6.92 Å². The first-order valence-electron chi connectivity index (χ1n) is 5.30. The zero-order valence-corrected chi connectivity index (χ0v) is 10.6.